The molecule has 2 aromatic carbocycles. The Morgan fingerprint density at radius 1 is 1.14 bits per heavy atom. The van der Waals surface area contributed by atoms with Gasteiger partial charge in [0.2, 0.25) is 10.0 Å². The Bertz CT molecular complexity index is 741. The maximum Gasteiger partial charge on any atom is 0.243 e. The zero-order valence-corrected chi connectivity index (χ0v) is 12.6. The van der Waals surface area contributed by atoms with Crippen molar-refractivity contribution in [3.8, 4) is 5.75 Å². The van der Waals surface area contributed by atoms with Crippen LogP contribution in [-0.2, 0) is 23.0 Å². The van der Waals surface area contributed by atoms with Gasteiger partial charge in [-0.15, -0.1) is 0 Å². The number of hydrogen-bond acceptors (Lipinski definition) is 3. The Hall–Kier alpha value is -1.85. The van der Waals surface area contributed by atoms with E-state index in [9.17, 15) is 8.42 Å². The molecule has 21 heavy (non-hydrogen) atoms. The molecule has 0 aromatic heterocycles. The van der Waals surface area contributed by atoms with Crippen molar-refractivity contribution in [1.29, 1.82) is 0 Å². The first-order valence-electron chi connectivity index (χ1n) is 6.83. The average Bonchev–Trinajstić information content (AvgIpc) is 2.95. The fraction of sp³-hybridized carbons (Fsp3) is 0.250. The summed E-state index contributed by atoms with van der Waals surface area (Å²) in [5.74, 6) is 0.791. The van der Waals surface area contributed by atoms with Crippen molar-refractivity contribution in [2.75, 3.05) is 13.7 Å². The lowest BCUT2D eigenvalue weighted by Crippen LogP contribution is -2.26. The summed E-state index contributed by atoms with van der Waals surface area (Å²) in [5.41, 5.74) is 1.93. The van der Waals surface area contributed by atoms with E-state index in [4.69, 9.17) is 4.74 Å². The molecule has 1 heterocycles. The zero-order chi connectivity index (χ0) is 14.9. The lowest BCUT2D eigenvalue weighted by Gasteiger charge is -2.17. The van der Waals surface area contributed by atoms with Crippen molar-refractivity contribution < 1.29 is 13.2 Å². The van der Waals surface area contributed by atoms with Gasteiger partial charge in [-0.25, -0.2) is 8.42 Å². The number of benzene rings is 2. The molecule has 3 rings (SSSR count). The summed E-state index contributed by atoms with van der Waals surface area (Å²) in [6.45, 7) is 0.982. The standard InChI is InChI=1S/C16H17NO3S/c1-17(12-13-5-3-2-4-6-13)21(18,19)15-7-8-16-14(11-15)9-10-20-16/h2-8,11H,9-10,12H2,1H3. The van der Waals surface area contributed by atoms with Crippen molar-refractivity contribution in [2.24, 2.45) is 0 Å². The van der Waals surface area contributed by atoms with Crippen LogP contribution in [0, 0.1) is 0 Å². The van der Waals surface area contributed by atoms with Gasteiger partial charge in [0.1, 0.15) is 5.75 Å². The molecule has 0 saturated heterocycles. The van der Waals surface area contributed by atoms with Crippen LogP contribution in [0.3, 0.4) is 0 Å². The van der Waals surface area contributed by atoms with Crippen LogP contribution < -0.4 is 4.74 Å². The summed E-state index contributed by atoms with van der Waals surface area (Å²) in [6.07, 6.45) is 0.765. The number of sulfonamides is 1. The van der Waals surface area contributed by atoms with Gasteiger partial charge in [-0.2, -0.15) is 4.31 Å². The molecule has 1 aliphatic rings. The Balaban J connectivity index is 1.86. The summed E-state index contributed by atoms with van der Waals surface area (Å²) >= 11 is 0. The third-order valence-electron chi connectivity index (χ3n) is 3.62. The van der Waals surface area contributed by atoms with Crippen LogP contribution in [0.2, 0.25) is 0 Å². The molecule has 0 N–H and O–H groups in total. The van der Waals surface area contributed by atoms with Gasteiger partial charge in [0, 0.05) is 20.0 Å². The third kappa shape index (κ3) is 2.80. The second kappa shape index (κ2) is 5.50. The van der Waals surface area contributed by atoms with Crippen LogP contribution in [0.1, 0.15) is 11.1 Å². The molecule has 0 radical (unpaired) electrons. The highest BCUT2D eigenvalue weighted by atomic mass is 32.2. The number of nitrogens with zero attached hydrogens (tertiary/aromatic N) is 1. The Labute approximate surface area is 125 Å². The molecule has 0 unspecified atom stereocenters. The Morgan fingerprint density at radius 3 is 2.67 bits per heavy atom. The molecule has 0 aliphatic carbocycles. The van der Waals surface area contributed by atoms with Gasteiger partial charge >= 0.3 is 0 Å². The van der Waals surface area contributed by atoms with Crippen LogP contribution in [-0.4, -0.2) is 26.4 Å². The minimum Gasteiger partial charge on any atom is -0.493 e. The van der Waals surface area contributed by atoms with Gasteiger partial charge in [-0.3, -0.25) is 0 Å². The van der Waals surface area contributed by atoms with E-state index in [0.29, 0.717) is 18.0 Å². The third-order valence-corrected chi connectivity index (χ3v) is 5.42. The van der Waals surface area contributed by atoms with Gasteiger partial charge in [-0.05, 0) is 29.3 Å². The molecule has 0 fully saturated rings. The number of fused-ring (bicyclic) bond motifs is 1. The molecule has 5 heteroatoms. The highest BCUT2D eigenvalue weighted by molar-refractivity contribution is 7.89. The lowest BCUT2D eigenvalue weighted by atomic mass is 10.2. The van der Waals surface area contributed by atoms with Crippen LogP contribution in [0.4, 0.5) is 0 Å². The van der Waals surface area contributed by atoms with Gasteiger partial charge in [0.15, 0.2) is 0 Å². The second-order valence-corrected chi connectivity index (χ2v) is 7.16. The number of hydrogen-bond donors (Lipinski definition) is 0. The van der Waals surface area contributed by atoms with E-state index in [1.807, 2.05) is 30.3 Å². The van der Waals surface area contributed by atoms with E-state index < -0.39 is 10.0 Å². The highest BCUT2D eigenvalue weighted by Crippen LogP contribution is 2.28. The lowest BCUT2D eigenvalue weighted by molar-refractivity contribution is 0.356. The first-order chi connectivity index (χ1) is 10.1. The van der Waals surface area contributed by atoms with Crippen LogP contribution in [0.15, 0.2) is 53.4 Å². The summed E-state index contributed by atoms with van der Waals surface area (Å²) in [4.78, 5) is 0.324. The fourth-order valence-electron chi connectivity index (χ4n) is 2.43. The monoisotopic (exact) mass is 303 g/mol. The number of rotatable bonds is 4. The molecule has 4 nitrogen and oxygen atoms in total. The normalized spacial score (nSPS) is 14.0. The first-order valence-corrected chi connectivity index (χ1v) is 8.27. The van der Waals surface area contributed by atoms with E-state index in [-0.39, 0.29) is 0 Å². The predicted molar refractivity (Wildman–Crippen MR) is 80.7 cm³/mol. The summed E-state index contributed by atoms with van der Waals surface area (Å²) in [5, 5.41) is 0. The van der Waals surface area contributed by atoms with Crippen molar-refractivity contribution >= 4 is 10.0 Å². The van der Waals surface area contributed by atoms with Crippen LogP contribution in [0.5, 0.6) is 5.75 Å². The molecule has 2 aromatic rings. The quantitative estimate of drug-likeness (QED) is 0.871. The van der Waals surface area contributed by atoms with E-state index in [0.717, 1.165) is 23.3 Å². The van der Waals surface area contributed by atoms with Crippen molar-refractivity contribution in [3.63, 3.8) is 0 Å². The molecule has 0 amide bonds. The van der Waals surface area contributed by atoms with Crippen molar-refractivity contribution in [2.45, 2.75) is 17.9 Å². The fourth-order valence-corrected chi connectivity index (χ4v) is 3.64. The largest absolute Gasteiger partial charge is 0.493 e. The predicted octanol–water partition coefficient (Wildman–Crippen LogP) is 2.44. The molecule has 0 atom stereocenters. The van der Waals surface area contributed by atoms with E-state index in [1.54, 1.807) is 25.2 Å². The second-order valence-electron chi connectivity index (χ2n) is 5.11. The first kappa shape index (κ1) is 14.1. The van der Waals surface area contributed by atoms with Gasteiger partial charge in [-0.1, -0.05) is 30.3 Å². The maximum absolute atomic E-state index is 12.6. The number of ether oxygens (including phenoxy) is 1. The molecule has 0 spiro atoms. The smallest absolute Gasteiger partial charge is 0.243 e. The van der Waals surface area contributed by atoms with E-state index >= 15 is 0 Å². The van der Waals surface area contributed by atoms with E-state index in [2.05, 4.69) is 0 Å². The Morgan fingerprint density at radius 2 is 1.90 bits per heavy atom. The summed E-state index contributed by atoms with van der Waals surface area (Å²) < 4.78 is 32.0. The Kier molecular flexibility index (Phi) is 3.69. The maximum atomic E-state index is 12.6. The van der Waals surface area contributed by atoms with Crippen molar-refractivity contribution in [1.82, 2.24) is 4.31 Å². The minimum absolute atomic E-state index is 0.324. The summed E-state index contributed by atoms with van der Waals surface area (Å²) in [6, 6.07) is 14.6. The summed E-state index contributed by atoms with van der Waals surface area (Å²) in [7, 11) is -1.88. The molecule has 0 bridgehead atoms. The van der Waals surface area contributed by atoms with Gasteiger partial charge < -0.3 is 4.74 Å². The zero-order valence-electron chi connectivity index (χ0n) is 11.8. The van der Waals surface area contributed by atoms with E-state index in [1.165, 1.54) is 4.31 Å². The van der Waals surface area contributed by atoms with Gasteiger partial charge in [0.05, 0.1) is 11.5 Å². The van der Waals surface area contributed by atoms with Gasteiger partial charge in [0.25, 0.3) is 0 Å². The van der Waals surface area contributed by atoms with Crippen LogP contribution in [0.25, 0.3) is 0 Å². The van der Waals surface area contributed by atoms with Crippen molar-refractivity contribution in [3.05, 3.63) is 59.7 Å². The molecule has 0 saturated carbocycles. The SMILES string of the molecule is CN(Cc1ccccc1)S(=O)(=O)c1ccc2c(c1)CCO2. The highest BCUT2D eigenvalue weighted by Gasteiger charge is 2.23. The molecule has 1 aliphatic heterocycles. The topological polar surface area (TPSA) is 46.6 Å². The molecular weight excluding hydrogens is 286 g/mol. The molecule has 110 valence electrons. The molecular formula is C16H17NO3S. The minimum atomic E-state index is -3.48. The van der Waals surface area contributed by atoms with Crippen LogP contribution >= 0.6 is 0 Å². The average molecular weight is 303 g/mol.